The van der Waals surface area contributed by atoms with E-state index in [-0.39, 0.29) is 6.04 Å². The number of hydrogen-bond acceptors (Lipinski definition) is 6. The predicted octanol–water partition coefficient (Wildman–Crippen LogP) is 0.990. The normalized spacial score (nSPS) is 19.7. The molecule has 1 aromatic rings. The Labute approximate surface area is 114 Å². The van der Waals surface area contributed by atoms with E-state index >= 15 is 0 Å². The minimum Gasteiger partial charge on any atom is -0.384 e. The molecule has 0 amide bonds. The molecule has 0 spiro atoms. The van der Waals surface area contributed by atoms with Crippen LogP contribution < -0.4 is 5.73 Å². The lowest BCUT2D eigenvalue weighted by atomic mass is 10.1. The summed E-state index contributed by atoms with van der Waals surface area (Å²) in [4.78, 5) is 6.74. The van der Waals surface area contributed by atoms with Crippen LogP contribution in [0.2, 0.25) is 0 Å². The zero-order valence-electron chi connectivity index (χ0n) is 11.8. The van der Waals surface area contributed by atoms with Crippen LogP contribution in [0.25, 0.3) is 0 Å². The van der Waals surface area contributed by atoms with E-state index in [1.165, 1.54) is 12.8 Å². The highest BCUT2D eigenvalue weighted by atomic mass is 16.5. The smallest absolute Gasteiger partial charge is 0.227 e. The highest BCUT2D eigenvalue weighted by molar-refractivity contribution is 4.95. The van der Waals surface area contributed by atoms with Crippen molar-refractivity contribution in [1.82, 2.24) is 15.0 Å². The van der Waals surface area contributed by atoms with Gasteiger partial charge in [0.1, 0.15) is 0 Å². The van der Waals surface area contributed by atoms with E-state index in [0.717, 1.165) is 26.1 Å². The second-order valence-corrected chi connectivity index (χ2v) is 5.43. The summed E-state index contributed by atoms with van der Waals surface area (Å²) in [5.41, 5.74) is 6.13. The van der Waals surface area contributed by atoms with Crippen LogP contribution in [0, 0.1) is 5.92 Å². The molecule has 2 N–H and O–H groups in total. The summed E-state index contributed by atoms with van der Waals surface area (Å²) in [6, 6.07) is -0.159. The van der Waals surface area contributed by atoms with Crippen molar-refractivity contribution in [1.29, 1.82) is 0 Å². The van der Waals surface area contributed by atoms with Gasteiger partial charge < -0.3 is 19.9 Å². The van der Waals surface area contributed by atoms with Gasteiger partial charge in [-0.15, -0.1) is 0 Å². The number of nitrogens with zero attached hydrogens (tertiary/aromatic N) is 3. The lowest BCUT2D eigenvalue weighted by Gasteiger charge is -2.17. The molecule has 2 atom stereocenters. The molecule has 108 valence electrons. The molecule has 2 unspecified atom stereocenters. The molecule has 1 aliphatic rings. The Hall–Kier alpha value is -0.980. The van der Waals surface area contributed by atoms with Crippen molar-refractivity contribution in [2.45, 2.75) is 32.2 Å². The third-order valence-electron chi connectivity index (χ3n) is 3.44. The van der Waals surface area contributed by atoms with Crippen LogP contribution in [0.1, 0.15) is 37.5 Å². The van der Waals surface area contributed by atoms with Gasteiger partial charge in [-0.1, -0.05) is 12.1 Å². The van der Waals surface area contributed by atoms with E-state index in [2.05, 4.69) is 22.0 Å². The number of likely N-dealkylation sites (tertiary alicyclic amines) is 1. The third kappa shape index (κ3) is 4.26. The fourth-order valence-corrected chi connectivity index (χ4v) is 2.47. The van der Waals surface area contributed by atoms with Gasteiger partial charge in [0.2, 0.25) is 5.89 Å². The minimum atomic E-state index is -0.159. The summed E-state index contributed by atoms with van der Waals surface area (Å²) in [5, 5.41) is 3.99. The Bertz CT molecular complexity index is 376. The van der Waals surface area contributed by atoms with Crippen LogP contribution in [0.5, 0.6) is 0 Å². The van der Waals surface area contributed by atoms with Gasteiger partial charge in [-0.2, -0.15) is 4.98 Å². The standard InChI is InChI=1S/C13H24N4O2/c1-10(9-18-2)7-12-15-13(16-19-12)11(14)8-17-5-3-4-6-17/h10-11H,3-9,14H2,1-2H3. The van der Waals surface area contributed by atoms with Gasteiger partial charge in [0.05, 0.1) is 6.04 Å². The molecule has 6 heteroatoms. The molecule has 2 rings (SSSR count). The predicted molar refractivity (Wildman–Crippen MR) is 71.6 cm³/mol. The number of methoxy groups -OCH3 is 1. The summed E-state index contributed by atoms with van der Waals surface area (Å²) >= 11 is 0. The van der Waals surface area contributed by atoms with Crippen molar-refractivity contribution in [3.8, 4) is 0 Å². The monoisotopic (exact) mass is 268 g/mol. The summed E-state index contributed by atoms with van der Waals surface area (Å²) in [7, 11) is 1.70. The summed E-state index contributed by atoms with van der Waals surface area (Å²) in [6.45, 7) is 5.86. The van der Waals surface area contributed by atoms with Gasteiger partial charge >= 0.3 is 0 Å². The quantitative estimate of drug-likeness (QED) is 0.794. The first-order valence-corrected chi connectivity index (χ1v) is 6.98. The summed E-state index contributed by atoms with van der Waals surface area (Å²) < 4.78 is 10.3. The van der Waals surface area contributed by atoms with Gasteiger partial charge in [0, 0.05) is 26.7 Å². The van der Waals surface area contributed by atoms with Crippen LogP contribution in [0.15, 0.2) is 4.52 Å². The maximum atomic E-state index is 6.13. The minimum absolute atomic E-state index is 0.159. The number of nitrogens with two attached hydrogens (primary N) is 1. The second-order valence-electron chi connectivity index (χ2n) is 5.43. The molecule has 1 fully saturated rings. The number of hydrogen-bond donors (Lipinski definition) is 1. The number of rotatable bonds is 7. The molecule has 6 nitrogen and oxygen atoms in total. The van der Waals surface area contributed by atoms with Crippen molar-refractivity contribution in [2.75, 3.05) is 33.4 Å². The summed E-state index contributed by atoms with van der Waals surface area (Å²) in [5.74, 6) is 1.64. The van der Waals surface area contributed by atoms with E-state index in [4.69, 9.17) is 15.0 Å². The van der Waals surface area contributed by atoms with E-state index in [9.17, 15) is 0 Å². The molecular formula is C13H24N4O2. The molecule has 0 radical (unpaired) electrons. The van der Waals surface area contributed by atoms with Crippen molar-refractivity contribution in [3.05, 3.63) is 11.7 Å². The topological polar surface area (TPSA) is 77.4 Å². The Morgan fingerprint density at radius 2 is 2.16 bits per heavy atom. The molecule has 0 saturated carbocycles. The van der Waals surface area contributed by atoms with Crippen LogP contribution in [0.3, 0.4) is 0 Å². The highest BCUT2D eigenvalue weighted by Gasteiger charge is 2.20. The molecule has 2 heterocycles. The maximum Gasteiger partial charge on any atom is 0.227 e. The molecule has 1 aliphatic heterocycles. The Morgan fingerprint density at radius 1 is 1.42 bits per heavy atom. The van der Waals surface area contributed by atoms with Gasteiger partial charge in [0.15, 0.2) is 5.82 Å². The number of ether oxygens (including phenoxy) is 1. The zero-order chi connectivity index (χ0) is 13.7. The highest BCUT2D eigenvalue weighted by Crippen LogP contribution is 2.14. The molecule has 1 aromatic heterocycles. The average Bonchev–Trinajstić information content (AvgIpc) is 3.00. The van der Waals surface area contributed by atoms with Gasteiger partial charge in [0.25, 0.3) is 0 Å². The van der Waals surface area contributed by atoms with E-state index in [1.54, 1.807) is 7.11 Å². The van der Waals surface area contributed by atoms with Crippen LogP contribution in [0.4, 0.5) is 0 Å². The van der Waals surface area contributed by atoms with E-state index in [0.29, 0.717) is 24.2 Å². The number of aromatic nitrogens is 2. The first-order valence-electron chi connectivity index (χ1n) is 6.98. The van der Waals surface area contributed by atoms with Gasteiger partial charge in [-0.05, 0) is 31.8 Å². The maximum absolute atomic E-state index is 6.13. The Morgan fingerprint density at radius 3 is 2.84 bits per heavy atom. The molecule has 0 bridgehead atoms. The van der Waals surface area contributed by atoms with Crippen LogP contribution in [-0.4, -0.2) is 48.4 Å². The van der Waals surface area contributed by atoms with Crippen molar-refractivity contribution < 1.29 is 9.26 Å². The molecule has 0 aliphatic carbocycles. The molecular weight excluding hydrogens is 244 g/mol. The first-order chi connectivity index (χ1) is 9.19. The Kier molecular flexibility index (Phi) is 5.30. The lowest BCUT2D eigenvalue weighted by Crippen LogP contribution is -2.30. The van der Waals surface area contributed by atoms with Crippen molar-refractivity contribution in [2.24, 2.45) is 11.7 Å². The molecule has 19 heavy (non-hydrogen) atoms. The fourth-order valence-electron chi connectivity index (χ4n) is 2.47. The van der Waals surface area contributed by atoms with E-state index < -0.39 is 0 Å². The van der Waals surface area contributed by atoms with E-state index in [1.807, 2.05) is 0 Å². The summed E-state index contributed by atoms with van der Waals surface area (Å²) in [6.07, 6.45) is 3.26. The first kappa shape index (κ1) is 14.4. The Balaban J connectivity index is 1.84. The van der Waals surface area contributed by atoms with Crippen molar-refractivity contribution in [3.63, 3.8) is 0 Å². The van der Waals surface area contributed by atoms with Crippen LogP contribution in [-0.2, 0) is 11.2 Å². The third-order valence-corrected chi connectivity index (χ3v) is 3.44. The fraction of sp³-hybridized carbons (Fsp3) is 0.846. The zero-order valence-corrected chi connectivity index (χ0v) is 11.8. The lowest BCUT2D eigenvalue weighted by molar-refractivity contribution is 0.155. The molecule has 0 aromatic carbocycles. The van der Waals surface area contributed by atoms with Gasteiger partial charge in [-0.3, -0.25) is 0 Å². The SMILES string of the molecule is COCC(C)Cc1nc(C(N)CN2CCCC2)no1. The van der Waals surface area contributed by atoms with Crippen LogP contribution >= 0.6 is 0 Å². The average molecular weight is 268 g/mol. The van der Waals surface area contributed by atoms with Gasteiger partial charge in [-0.25, -0.2) is 0 Å². The molecule has 1 saturated heterocycles. The largest absolute Gasteiger partial charge is 0.384 e. The van der Waals surface area contributed by atoms with Crippen molar-refractivity contribution >= 4 is 0 Å². The second kappa shape index (κ2) is 6.98.